The highest BCUT2D eigenvalue weighted by Gasteiger charge is 2.55. The number of rotatable bonds is 5. The number of hydrogen-bond donors (Lipinski definition) is 2. The van der Waals surface area contributed by atoms with Gasteiger partial charge in [-0.3, -0.25) is 4.79 Å². The molecular weight excluding hydrogens is 214 g/mol. The molecule has 0 heterocycles. The van der Waals surface area contributed by atoms with Crippen molar-refractivity contribution in [2.75, 3.05) is 13.2 Å². The summed E-state index contributed by atoms with van der Waals surface area (Å²) in [5.41, 5.74) is 0.254. The van der Waals surface area contributed by atoms with Crippen LogP contribution < -0.4 is 5.32 Å². The van der Waals surface area contributed by atoms with E-state index in [1.54, 1.807) is 0 Å². The quantitative estimate of drug-likeness (QED) is 0.764. The van der Waals surface area contributed by atoms with Crippen molar-refractivity contribution in [3.8, 4) is 0 Å². The van der Waals surface area contributed by atoms with Gasteiger partial charge in [-0.25, -0.2) is 0 Å². The lowest BCUT2D eigenvalue weighted by Gasteiger charge is -2.14. The molecule has 17 heavy (non-hydrogen) atoms. The third-order valence-electron chi connectivity index (χ3n) is 5.20. The maximum atomic E-state index is 12.1. The zero-order valence-corrected chi connectivity index (χ0v) is 10.5. The van der Waals surface area contributed by atoms with Crippen LogP contribution in [0.3, 0.4) is 0 Å². The number of amides is 1. The van der Waals surface area contributed by atoms with Gasteiger partial charge < -0.3 is 10.4 Å². The van der Waals surface area contributed by atoms with Crippen LogP contribution >= 0.6 is 0 Å². The molecule has 0 radical (unpaired) electrons. The summed E-state index contributed by atoms with van der Waals surface area (Å²) < 4.78 is 0. The van der Waals surface area contributed by atoms with Gasteiger partial charge in [0.1, 0.15) is 0 Å². The Balaban J connectivity index is 1.45. The molecule has 3 saturated carbocycles. The zero-order chi connectivity index (χ0) is 11.9. The van der Waals surface area contributed by atoms with E-state index in [9.17, 15) is 4.79 Å². The molecule has 2 unspecified atom stereocenters. The van der Waals surface area contributed by atoms with E-state index in [2.05, 4.69) is 5.32 Å². The number of nitrogens with one attached hydrogen (secondary N) is 1. The van der Waals surface area contributed by atoms with E-state index >= 15 is 0 Å². The average Bonchev–Trinajstić information content (AvgIpc) is 3.22. The normalized spacial score (nSPS) is 37.1. The second kappa shape index (κ2) is 4.27. The molecule has 3 heteroatoms. The van der Waals surface area contributed by atoms with Crippen LogP contribution in [-0.4, -0.2) is 24.2 Å². The van der Waals surface area contributed by atoms with Crippen LogP contribution in [0.1, 0.15) is 44.9 Å². The molecule has 0 bridgehead atoms. The fourth-order valence-electron chi connectivity index (χ4n) is 3.70. The Hall–Kier alpha value is -0.570. The van der Waals surface area contributed by atoms with Crippen LogP contribution in [0.2, 0.25) is 0 Å². The minimum atomic E-state index is 0.254. The molecule has 0 aliphatic heterocycles. The molecule has 1 amide bonds. The maximum absolute atomic E-state index is 12.1. The minimum Gasteiger partial charge on any atom is -0.396 e. The molecule has 2 atom stereocenters. The van der Waals surface area contributed by atoms with Gasteiger partial charge in [0, 0.05) is 19.1 Å². The largest absolute Gasteiger partial charge is 0.396 e. The van der Waals surface area contributed by atoms with E-state index in [4.69, 9.17) is 5.11 Å². The van der Waals surface area contributed by atoms with Gasteiger partial charge in [0.05, 0.1) is 0 Å². The Kier molecular flexibility index (Phi) is 2.89. The van der Waals surface area contributed by atoms with Crippen molar-refractivity contribution in [2.24, 2.45) is 23.2 Å². The lowest BCUT2D eigenvalue weighted by molar-refractivity contribution is -0.123. The molecule has 2 N–H and O–H groups in total. The summed E-state index contributed by atoms with van der Waals surface area (Å²) in [6.45, 7) is 1.05. The summed E-state index contributed by atoms with van der Waals surface area (Å²) in [6, 6.07) is 0. The number of carbonyl (C=O) groups is 1. The molecule has 96 valence electrons. The first-order chi connectivity index (χ1) is 8.26. The van der Waals surface area contributed by atoms with Gasteiger partial charge in [-0.1, -0.05) is 12.8 Å². The van der Waals surface area contributed by atoms with Crippen molar-refractivity contribution in [3.63, 3.8) is 0 Å². The topological polar surface area (TPSA) is 49.3 Å². The SMILES string of the molecule is O=C(NCC1(CCO)CC1)C1C2CCCCC21. The Morgan fingerprint density at radius 1 is 1.24 bits per heavy atom. The van der Waals surface area contributed by atoms with E-state index in [1.165, 1.54) is 38.5 Å². The first kappa shape index (κ1) is 11.5. The van der Waals surface area contributed by atoms with Crippen molar-refractivity contribution >= 4 is 5.91 Å². The van der Waals surface area contributed by atoms with Crippen molar-refractivity contribution in [1.82, 2.24) is 5.32 Å². The third kappa shape index (κ3) is 2.22. The van der Waals surface area contributed by atoms with Gasteiger partial charge in [-0.15, -0.1) is 0 Å². The van der Waals surface area contributed by atoms with Crippen molar-refractivity contribution in [2.45, 2.75) is 44.9 Å². The monoisotopic (exact) mass is 237 g/mol. The second-order valence-electron chi connectivity index (χ2n) is 6.33. The van der Waals surface area contributed by atoms with E-state index in [-0.39, 0.29) is 12.0 Å². The molecular formula is C14H23NO2. The first-order valence-corrected chi connectivity index (χ1v) is 7.14. The molecule has 0 aromatic carbocycles. The van der Waals surface area contributed by atoms with Gasteiger partial charge >= 0.3 is 0 Å². The van der Waals surface area contributed by atoms with Gasteiger partial charge in [-0.05, 0) is 49.4 Å². The molecule has 3 aliphatic rings. The fourth-order valence-corrected chi connectivity index (χ4v) is 3.70. The molecule has 3 nitrogen and oxygen atoms in total. The zero-order valence-electron chi connectivity index (χ0n) is 10.5. The summed E-state index contributed by atoms with van der Waals surface area (Å²) in [5, 5.41) is 12.1. The van der Waals surface area contributed by atoms with E-state index < -0.39 is 0 Å². The second-order valence-corrected chi connectivity index (χ2v) is 6.33. The predicted octanol–water partition coefficient (Wildman–Crippen LogP) is 1.70. The number of hydrogen-bond acceptors (Lipinski definition) is 2. The predicted molar refractivity (Wildman–Crippen MR) is 65.3 cm³/mol. The highest BCUT2D eigenvalue weighted by molar-refractivity contribution is 5.82. The number of carbonyl (C=O) groups excluding carboxylic acids is 1. The molecule has 3 aliphatic carbocycles. The highest BCUT2D eigenvalue weighted by atomic mass is 16.3. The van der Waals surface area contributed by atoms with Crippen LogP contribution in [0, 0.1) is 23.2 Å². The third-order valence-corrected chi connectivity index (χ3v) is 5.20. The highest BCUT2D eigenvalue weighted by Crippen LogP contribution is 2.55. The lowest BCUT2D eigenvalue weighted by atomic mass is 10.0. The molecule has 0 aromatic heterocycles. The van der Waals surface area contributed by atoms with Crippen LogP contribution in [0.15, 0.2) is 0 Å². The Morgan fingerprint density at radius 2 is 1.88 bits per heavy atom. The Labute approximate surface area is 103 Å². The minimum absolute atomic E-state index is 0.254. The van der Waals surface area contributed by atoms with Crippen LogP contribution in [0.4, 0.5) is 0 Å². The number of aliphatic hydroxyl groups is 1. The first-order valence-electron chi connectivity index (χ1n) is 7.14. The molecule has 0 saturated heterocycles. The lowest BCUT2D eigenvalue weighted by Crippen LogP contribution is -2.32. The summed E-state index contributed by atoms with van der Waals surface area (Å²) in [4.78, 5) is 12.1. The molecule has 3 fully saturated rings. The van der Waals surface area contributed by atoms with Gasteiger partial charge in [0.15, 0.2) is 0 Å². The Morgan fingerprint density at radius 3 is 2.41 bits per heavy atom. The van der Waals surface area contributed by atoms with Gasteiger partial charge in [0.25, 0.3) is 0 Å². The molecule has 0 aromatic rings. The van der Waals surface area contributed by atoms with Crippen molar-refractivity contribution in [1.29, 1.82) is 0 Å². The van der Waals surface area contributed by atoms with Gasteiger partial charge in [0.2, 0.25) is 5.91 Å². The maximum Gasteiger partial charge on any atom is 0.223 e. The summed E-state index contributed by atoms with van der Waals surface area (Å²) in [5.74, 6) is 2.04. The van der Waals surface area contributed by atoms with Crippen LogP contribution in [0.5, 0.6) is 0 Å². The number of aliphatic hydroxyl groups excluding tert-OH is 1. The number of fused-ring (bicyclic) bond motifs is 1. The smallest absolute Gasteiger partial charge is 0.223 e. The fraction of sp³-hybridized carbons (Fsp3) is 0.929. The summed E-state index contributed by atoms with van der Waals surface area (Å²) in [7, 11) is 0. The summed E-state index contributed by atoms with van der Waals surface area (Å²) in [6.07, 6.45) is 8.37. The average molecular weight is 237 g/mol. The summed E-state index contributed by atoms with van der Waals surface area (Å²) >= 11 is 0. The van der Waals surface area contributed by atoms with E-state index in [0.29, 0.717) is 23.7 Å². The standard InChI is InChI=1S/C14H23NO2/c16-8-7-14(5-6-14)9-15-13(17)12-10-3-1-2-4-11(10)12/h10-12,16H,1-9H2,(H,15,17). The molecule has 3 rings (SSSR count). The van der Waals surface area contributed by atoms with Crippen LogP contribution in [0.25, 0.3) is 0 Å². The molecule has 0 spiro atoms. The van der Waals surface area contributed by atoms with Crippen molar-refractivity contribution < 1.29 is 9.90 Å². The van der Waals surface area contributed by atoms with E-state index in [0.717, 1.165) is 13.0 Å². The van der Waals surface area contributed by atoms with Crippen molar-refractivity contribution in [3.05, 3.63) is 0 Å². The van der Waals surface area contributed by atoms with E-state index in [1.807, 2.05) is 0 Å². The van der Waals surface area contributed by atoms with Crippen LogP contribution in [-0.2, 0) is 4.79 Å². The van der Waals surface area contributed by atoms with Gasteiger partial charge in [-0.2, -0.15) is 0 Å². The Bertz CT molecular complexity index is 299.